The van der Waals surface area contributed by atoms with Gasteiger partial charge in [0, 0.05) is 13.0 Å². The second-order valence-electron chi connectivity index (χ2n) is 6.66. The zero-order valence-corrected chi connectivity index (χ0v) is 14.9. The predicted molar refractivity (Wildman–Crippen MR) is 94.3 cm³/mol. The first-order valence-corrected chi connectivity index (χ1v) is 8.51. The van der Waals surface area contributed by atoms with E-state index in [9.17, 15) is 9.59 Å². The molecular weight excluding hydrogens is 332 g/mol. The van der Waals surface area contributed by atoms with Gasteiger partial charge in [0.15, 0.2) is 0 Å². The molecule has 2 aromatic rings. The molecule has 0 heterocycles. The van der Waals surface area contributed by atoms with E-state index in [2.05, 4.69) is 0 Å². The lowest BCUT2D eigenvalue weighted by atomic mass is 9.46. The van der Waals surface area contributed by atoms with Crippen LogP contribution in [0.15, 0.2) is 48.5 Å². The van der Waals surface area contributed by atoms with E-state index in [4.69, 9.17) is 14.2 Å². The first-order chi connectivity index (χ1) is 12.6. The van der Waals surface area contributed by atoms with Gasteiger partial charge in [0.1, 0.15) is 11.5 Å². The summed E-state index contributed by atoms with van der Waals surface area (Å²) in [6.07, 6.45) is 0. The van der Waals surface area contributed by atoms with Gasteiger partial charge in [0.2, 0.25) is 0 Å². The molecule has 0 amide bonds. The van der Waals surface area contributed by atoms with E-state index in [0.29, 0.717) is 0 Å². The second kappa shape index (κ2) is 5.95. The Morgan fingerprint density at radius 3 is 2.12 bits per heavy atom. The lowest BCUT2D eigenvalue weighted by Crippen LogP contribution is -2.66. The summed E-state index contributed by atoms with van der Waals surface area (Å²) in [7, 11) is 4.25. The van der Waals surface area contributed by atoms with Crippen molar-refractivity contribution in [3.63, 3.8) is 0 Å². The van der Waals surface area contributed by atoms with Gasteiger partial charge in [-0.1, -0.05) is 48.5 Å². The van der Waals surface area contributed by atoms with E-state index in [1.807, 2.05) is 48.5 Å². The molecule has 1 fully saturated rings. The zero-order valence-electron chi connectivity index (χ0n) is 14.9. The Morgan fingerprint density at radius 2 is 1.46 bits per heavy atom. The standard InChI is InChI=1S/C21H20O5/c1-24-19(22)16-17-14-10-5-4-8-12(14)13-9-6-7-11-15(13)21(17,26-3)18(16)20(23)25-2/h4-11,16-18H,1-3H3/t16-,17-,18-,21+/m0/s1. The smallest absolute Gasteiger partial charge is 0.312 e. The Balaban J connectivity index is 2.02. The van der Waals surface area contributed by atoms with Gasteiger partial charge < -0.3 is 14.2 Å². The van der Waals surface area contributed by atoms with Crippen LogP contribution in [-0.4, -0.2) is 33.3 Å². The molecular formula is C21H20O5. The third kappa shape index (κ3) is 1.89. The molecule has 0 radical (unpaired) electrons. The van der Waals surface area contributed by atoms with Crippen LogP contribution in [0, 0.1) is 11.8 Å². The van der Waals surface area contributed by atoms with Crippen molar-refractivity contribution >= 4 is 11.9 Å². The monoisotopic (exact) mass is 352 g/mol. The maximum atomic E-state index is 12.7. The molecule has 0 unspecified atom stereocenters. The fourth-order valence-electron chi connectivity index (χ4n) is 4.85. The van der Waals surface area contributed by atoms with Gasteiger partial charge in [-0.25, -0.2) is 0 Å². The van der Waals surface area contributed by atoms with Crippen molar-refractivity contribution in [3.8, 4) is 11.1 Å². The van der Waals surface area contributed by atoms with E-state index in [1.165, 1.54) is 14.2 Å². The van der Waals surface area contributed by atoms with E-state index < -0.39 is 29.4 Å². The summed E-state index contributed by atoms with van der Waals surface area (Å²) in [5.41, 5.74) is 3.01. The Hall–Kier alpha value is -2.66. The minimum atomic E-state index is -0.948. The quantitative estimate of drug-likeness (QED) is 0.795. The van der Waals surface area contributed by atoms with Gasteiger partial charge in [-0.2, -0.15) is 0 Å². The third-order valence-electron chi connectivity index (χ3n) is 5.84. The molecule has 26 heavy (non-hydrogen) atoms. The molecule has 5 heteroatoms. The Kier molecular flexibility index (Phi) is 3.84. The third-order valence-corrected chi connectivity index (χ3v) is 5.84. The molecule has 2 aromatic carbocycles. The number of fused-ring (bicyclic) bond motifs is 6. The van der Waals surface area contributed by atoms with Crippen LogP contribution in [-0.2, 0) is 29.4 Å². The largest absolute Gasteiger partial charge is 0.469 e. The van der Waals surface area contributed by atoms with E-state index in [-0.39, 0.29) is 5.92 Å². The highest BCUT2D eigenvalue weighted by Gasteiger charge is 2.72. The van der Waals surface area contributed by atoms with E-state index in [1.54, 1.807) is 7.11 Å². The van der Waals surface area contributed by atoms with Gasteiger partial charge in [0.05, 0.1) is 20.1 Å². The maximum Gasteiger partial charge on any atom is 0.312 e. The van der Waals surface area contributed by atoms with Crippen molar-refractivity contribution in [1.29, 1.82) is 0 Å². The van der Waals surface area contributed by atoms with Gasteiger partial charge in [-0.3, -0.25) is 9.59 Å². The zero-order chi connectivity index (χ0) is 18.5. The minimum Gasteiger partial charge on any atom is -0.469 e. The maximum absolute atomic E-state index is 12.7. The first kappa shape index (κ1) is 16.8. The molecule has 0 aliphatic heterocycles. The van der Waals surface area contributed by atoms with Crippen LogP contribution in [0.3, 0.4) is 0 Å². The van der Waals surface area contributed by atoms with Crippen molar-refractivity contribution in [2.24, 2.45) is 11.8 Å². The summed E-state index contributed by atoms with van der Waals surface area (Å²) < 4.78 is 16.1. The van der Waals surface area contributed by atoms with Crippen LogP contribution in [0.2, 0.25) is 0 Å². The lowest BCUT2D eigenvalue weighted by Gasteiger charge is -2.60. The van der Waals surface area contributed by atoms with E-state index >= 15 is 0 Å². The molecule has 4 rings (SSSR count). The second-order valence-corrected chi connectivity index (χ2v) is 6.66. The van der Waals surface area contributed by atoms with Crippen LogP contribution in [0.25, 0.3) is 11.1 Å². The Morgan fingerprint density at radius 1 is 0.846 bits per heavy atom. The van der Waals surface area contributed by atoms with Crippen LogP contribution < -0.4 is 0 Å². The number of ether oxygens (including phenoxy) is 3. The molecule has 134 valence electrons. The average Bonchev–Trinajstić information content (AvgIpc) is 2.68. The SMILES string of the molecule is COC(=O)[C@@H]1[C@@H](C(=O)OC)[C@@]2(OC)c3ccccc3-c3ccccc3[C@@H]12. The average molecular weight is 352 g/mol. The van der Waals surface area contributed by atoms with Crippen LogP contribution in [0.5, 0.6) is 0 Å². The molecule has 1 saturated carbocycles. The number of rotatable bonds is 3. The normalized spacial score (nSPS) is 28.0. The highest BCUT2D eigenvalue weighted by atomic mass is 16.5. The molecule has 5 nitrogen and oxygen atoms in total. The number of hydrogen-bond donors (Lipinski definition) is 0. The summed E-state index contributed by atoms with van der Waals surface area (Å²) in [6.45, 7) is 0. The molecule has 0 spiro atoms. The Bertz CT molecular complexity index is 889. The van der Waals surface area contributed by atoms with Crippen LogP contribution in [0.1, 0.15) is 17.0 Å². The van der Waals surface area contributed by atoms with Crippen molar-refractivity contribution in [3.05, 3.63) is 59.7 Å². The molecule has 4 atom stereocenters. The number of carbonyl (C=O) groups excluding carboxylic acids is 2. The van der Waals surface area contributed by atoms with Crippen LogP contribution in [0.4, 0.5) is 0 Å². The van der Waals surface area contributed by atoms with Crippen molar-refractivity contribution in [1.82, 2.24) is 0 Å². The summed E-state index contributed by atoms with van der Waals surface area (Å²) in [5, 5.41) is 0. The van der Waals surface area contributed by atoms with Crippen LogP contribution >= 0.6 is 0 Å². The molecule has 2 aliphatic carbocycles. The summed E-state index contributed by atoms with van der Waals surface area (Å²) in [6, 6.07) is 15.8. The predicted octanol–water partition coefficient (Wildman–Crippen LogP) is 2.88. The van der Waals surface area contributed by atoms with Gasteiger partial charge in [-0.15, -0.1) is 0 Å². The van der Waals surface area contributed by atoms with Crippen molar-refractivity contribution < 1.29 is 23.8 Å². The summed E-state index contributed by atoms with van der Waals surface area (Å²) >= 11 is 0. The van der Waals surface area contributed by atoms with E-state index in [0.717, 1.165) is 22.3 Å². The lowest BCUT2D eigenvalue weighted by molar-refractivity contribution is -0.220. The molecule has 0 aromatic heterocycles. The van der Waals surface area contributed by atoms with Gasteiger partial charge in [0.25, 0.3) is 0 Å². The highest BCUT2D eigenvalue weighted by molar-refractivity contribution is 5.91. The number of methoxy groups -OCH3 is 3. The molecule has 0 N–H and O–H groups in total. The summed E-state index contributed by atoms with van der Waals surface area (Å²) in [4.78, 5) is 25.2. The minimum absolute atomic E-state index is 0.310. The first-order valence-electron chi connectivity index (χ1n) is 8.51. The summed E-state index contributed by atoms with van der Waals surface area (Å²) in [5.74, 6) is -2.61. The molecule has 2 aliphatic rings. The van der Waals surface area contributed by atoms with Crippen molar-refractivity contribution in [2.75, 3.05) is 21.3 Å². The molecule has 0 saturated heterocycles. The van der Waals surface area contributed by atoms with Gasteiger partial charge >= 0.3 is 11.9 Å². The highest BCUT2D eigenvalue weighted by Crippen LogP contribution is 2.67. The topological polar surface area (TPSA) is 61.8 Å². The van der Waals surface area contributed by atoms with Gasteiger partial charge in [-0.05, 0) is 22.3 Å². The number of carbonyl (C=O) groups is 2. The Labute approximate surface area is 151 Å². The fourth-order valence-corrected chi connectivity index (χ4v) is 4.85. The fraction of sp³-hybridized carbons (Fsp3) is 0.333. The van der Waals surface area contributed by atoms with Crippen molar-refractivity contribution in [2.45, 2.75) is 11.5 Å². The molecule has 0 bridgehead atoms. The number of hydrogen-bond acceptors (Lipinski definition) is 5. The number of esters is 2. The number of benzene rings is 2.